The summed E-state index contributed by atoms with van der Waals surface area (Å²) in [7, 11) is 1.31. The van der Waals surface area contributed by atoms with E-state index in [0.29, 0.717) is 0 Å². The lowest BCUT2D eigenvalue weighted by molar-refractivity contribution is -0.143. The lowest BCUT2D eigenvalue weighted by atomic mass is 10.0. The van der Waals surface area contributed by atoms with Gasteiger partial charge in [0.2, 0.25) is 0 Å². The molecule has 1 aromatic rings. The number of benzene rings is 1. The maximum absolute atomic E-state index is 11.2. The molecule has 0 aliphatic heterocycles. The Bertz CT molecular complexity index is 269. The molecule has 1 aromatic carbocycles. The summed E-state index contributed by atoms with van der Waals surface area (Å²) < 4.78 is 4.56. The third-order valence-electron chi connectivity index (χ3n) is 1.87. The van der Waals surface area contributed by atoms with Crippen LogP contribution in [0.3, 0.4) is 0 Å². The number of esters is 1. The number of carbonyl (C=O) groups is 1. The van der Waals surface area contributed by atoms with E-state index in [0.717, 1.165) is 5.56 Å². The molecule has 1 unspecified atom stereocenters. The van der Waals surface area contributed by atoms with Crippen LogP contribution in [-0.4, -0.2) is 24.8 Å². The molecule has 0 aromatic heterocycles. The van der Waals surface area contributed by atoms with Crippen molar-refractivity contribution in [3.05, 3.63) is 35.9 Å². The molecule has 0 saturated heterocycles. The van der Waals surface area contributed by atoms with Crippen molar-refractivity contribution in [1.29, 1.82) is 0 Å². The summed E-state index contributed by atoms with van der Waals surface area (Å²) in [4.78, 5) is 11.2. The zero-order valence-electron chi connectivity index (χ0n) is 7.43. The summed E-state index contributed by atoms with van der Waals surface area (Å²) in [5.41, 5.74) is 0.775. The number of rotatable bonds is 3. The van der Waals surface area contributed by atoms with Crippen LogP contribution in [0.25, 0.3) is 0 Å². The van der Waals surface area contributed by atoms with Crippen LogP contribution in [0.4, 0.5) is 0 Å². The normalized spacial score (nSPS) is 12.2. The third-order valence-corrected chi connectivity index (χ3v) is 1.87. The summed E-state index contributed by atoms with van der Waals surface area (Å²) in [5.74, 6) is -0.972. The van der Waals surface area contributed by atoms with Gasteiger partial charge in [-0.05, 0) is 5.56 Å². The van der Waals surface area contributed by atoms with E-state index in [9.17, 15) is 4.79 Å². The zero-order valence-corrected chi connectivity index (χ0v) is 7.43. The van der Waals surface area contributed by atoms with Crippen LogP contribution in [0.1, 0.15) is 11.5 Å². The largest absolute Gasteiger partial charge is 0.468 e. The summed E-state index contributed by atoms with van der Waals surface area (Å²) >= 11 is 0. The van der Waals surface area contributed by atoms with Gasteiger partial charge in [-0.25, -0.2) is 0 Å². The van der Waals surface area contributed by atoms with E-state index in [-0.39, 0.29) is 6.61 Å². The van der Waals surface area contributed by atoms with Crippen molar-refractivity contribution in [3.63, 3.8) is 0 Å². The van der Waals surface area contributed by atoms with E-state index in [2.05, 4.69) is 4.74 Å². The van der Waals surface area contributed by atoms with Gasteiger partial charge in [-0.3, -0.25) is 4.79 Å². The fourth-order valence-corrected chi connectivity index (χ4v) is 1.14. The van der Waals surface area contributed by atoms with E-state index in [1.807, 2.05) is 18.2 Å². The first-order chi connectivity index (χ1) is 6.29. The molecule has 0 aliphatic rings. The zero-order chi connectivity index (χ0) is 9.68. The van der Waals surface area contributed by atoms with Gasteiger partial charge < -0.3 is 9.84 Å². The first-order valence-electron chi connectivity index (χ1n) is 4.03. The van der Waals surface area contributed by atoms with Gasteiger partial charge in [-0.2, -0.15) is 0 Å². The smallest absolute Gasteiger partial charge is 0.315 e. The van der Waals surface area contributed by atoms with Gasteiger partial charge in [0.1, 0.15) is 5.92 Å². The summed E-state index contributed by atoms with van der Waals surface area (Å²) in [5, 5.41) is 8.98. The van der Waals surface area contributed by atoms with Crippen LogP contribution in [-0.2, 0) is 9.53 Å². The highest BCUT2D eigenvalue weighted by Crippen LogP contribution is 2.15. The number of hydrogen-bond donors (Lipinski definition) is 1. The van der Waals surface area contributed by atoms with Crippen molar-refractivity contribution >= 4 is 5.97 Å². The highest BCUT2D eigenvalue weighted by atomic mass is 16.5. The lowest BCUT2D eigenvalue weighted by Crippen LogP contribution is -2.17. The van der Waals surface area contributed by atoms with Gasteiger partial charge >= 0.3 is 5.97 Å². The highest BCUT2D eigenvalue weighted by Gasteiger charge is 2.19. The summed E-state index contributed by atoms with van der Waals surface area (Å²) in [6.45, 7) is -0.226. The molecule has 70 valence electrons. The van der Waals surface area contributed by atoms with Crippen molar-refractivity contribution in [2.45, 2.75) is 5.92 Å². The fraction of sp³-hybridized carbons (Fsp3) is 0.300. The second-order valence-electron chi connectivity index (χ2n) is 2.67. The van der Waals surface area contributed by atoms with Crippen LogP contribution in [0.15, 0.2) is 30.3 Å². The highest BCUT2D eigenvalue weighted by molar-refractivity contribution is 5.78. The molecule has 3 heteroatoms. The molecular weight excluding hydrogens is 168 g/mol. The first kappa shape index (κ1) is 9.74. The van der Waals surface area contributed by atoms with Gasteiger partial charge in [0.15, 0.2) is 0 Å². The molecule has 13 heavy (non-hydrogen) atoms. The predicted molar refractivity (Wildman–Crippen MR) is 48.3 cm³/mol. The minimum absolute atomic E-state index is 0.226. The Hall–Kier alpha value is -1.35. The Kier molecular flexibility index (Phi) is 3.46. The van der Waals surface area contributed by atoms with E-state index in [4.69, 9.17) is 5.11 Å². The molecular formula is C10H12O3. The van der Waals surface area contributed by atoms with Crippen LogP contribution in [0.2, 0.25) is 0 Å². The minimum atomic E-state index is -0.564. The van der Waals surface area contributed by atoms with Gasteiger partial charge in [-0.1, -0.05) is 30.3 Å². The molecule has 0 bridgehead atoms. The van der Waals surface area contributed by atoms with Crippen LogP contribution in [0, 0.1) is 0 Å². The number of methoxy groups -OCH3 is 1. The number of ether oxygens (including phenoxy) is 1. The van der Waals surface area contributed by atoms with Crippen LogP contribution >= 0.6 is 0 Å². The molecule has 0 heterocycles. The second-order valence-corrected chi connectivity index (χ2v) is 2.67. The number of aliphatic hydroxyl groups is 1. The maximum atomic E-state index is 11.2. The topological polar surface area (TPSA) is 46.5 Å². The molecule has 0 aliphatic carbocycles. The standard InChI is InChI=1S/C10H12O3/c1-13-10(12)9(7-11)8-5-3-2-4-6-8/h2-6,9,11H,7H2,1H3. The molecule has 0 fully saturated rings. The first-order valence-corrected chi connectivity index (χ1v) is 4.03. The van der Waals surface area contributed by atoms with Gasteiger partial charge in [-0.15, -0.1) is 0 Å². The molecule has 0 amide bonds. The van der Waals surface area contributed by atoms with Crippen molar-refractivity contribution in [2.75, 3.05) is 13.7 Å². The van der Waals surface area contributed by atoms with Crippen molar-refractivity contribution < 1.29 is 14.6 Å². The van der Waals surface area contributed by atoms with E-state index < -0.39 is 11.9 Å². The van der Waals surface area contributed by atoms with Gasteiger partial charge in [0.25, 0.3) is 0 Å². The Morgan fingerprint density at radius 1 is 1.46 bits per heavy atom. The Morgan fingerprint density at radius 3 is 2.54 bits per heavy atom. The van der Waals surface area contributed by atoms with Gasteiger partial charge in [0.05, 0.1) is 13.7 Å². The molecule has 0 saturated carbocycles. The van der Waals surface area contributed by atoms with E-state index in [1.54, 1.807) is 12.1 Å². The average Bonchev–Trinajstić information content (AvgIpc) is 2.20. The predicted octanol–water partition coefficient (Wildman–Crippen LogP) is 0.935. The second kappa shape index (κ2) is 4.62. The summed E-state index contributed by atoms with van der Waals surface area (Å²) in [6, 6.07) is 9.08. The monoisotopic (exact) mass is 180 g/mol. The molecule has 3 nitrogen and oxygen atoms in total. The van der Waals surface area contributed by atoms with Crippen molar-refractivity contribution in [3.8, 4) is 0 Å². The Balaban J connectivity index is 2.85. The lowest BCUT2D eigenvalue weighted by Gasteiger charge is -2.11. The SMILES string of the molecule is COC(=O)C(CO)c1ccccc1. The number of hydrogen-bond acceptors (Lipinski definition) is 3. The van der Waals surface area contributed by atoms with E-state index in [1.165, 1.54) is 7.11 Å². The Morgan fingerprint density at radius 2 is 2.08 bits per heavy atom. The Labute approximate surface area is 77.0 Å². The van der Waals surface area contributed by atoms with Crippen molar-refractivity contribution in [1.82, 2.24) is 0 Å². The molecule has 1 rings (SSSR count). The molecule has 0 radical (unpaired) electrons. The van der Waals surface area contributed by atoms with E-state index >= 15 is 0 Å². The maximum Gasteiger partial charge on any atom is 0.315 e. The van der Waals surface area contributed by atoms with Crippen LogP contribution in [0.5, 0.6) is 0 Å². The number of carbonyl (C=O) groups excluding carboxylic acids is 1. The van der Waals surface area contributed by atoms with Crippen molar-refractivity contribution in [2.24, 2.45) is 0 Å². The summed E-state index contributed by atoms with van der Waals surface area (Å²) in [6.07, 6.45) is 0. The van der Waals surface area contributed by atoms with Gasteiger partial charge in [0, 0.05) is 0 Å². The fourth-order valence-electron chi connectivity index (χ4n) is 1.14. The third kappa shape index (κ3) is 2.29. The molecule has 0 spiro atoms. The number of aliphatic hydroxyl groups excluding tert-OH is 1. The molecule has 1 N–H and O–H groups in total. The van der Waals surface area contributed by atoms with Crippen LogP contribution < -0.4 is 0 Å². The quantitative estimate of drug-likeness (QED) is 0.704. The average molecular weight is 180 g/mol. The minimum Gasteiger partial charge on any atom is -0.468 e. The molecule has 1 atom stereocenters.